The Bertz CT molecular complexity index is 886. The van der Waals surface area contributed by atoms with Crippen molar-refractivity contribution in [3.63, 3.8) is 0 Å². The smallest absolute Gasteiger partial charge is 0.244 e. The Morgan fingerprint density at radius 1 is 1.17 bits per heavy atom. The Labute approximate surface area is 171 Å². The Morgan fingerprint density at radius 3 is 2.38 bits per heavy atom. The van der Waals surface area contributed by atoms with Gasteiger partial charge in [0.1, 0.15) is 6.07 Å². The van der Waals surface area contributed by atoms with Gasteiger partial charge in [0, 0.05) is 32.2 Å². The summed E-state index contributed by atoms with van der Waals surface area (Å²) in [4.78, 5) is 27.5. The fourth-order valence-corrected chi connectivity index (χ4v) is 4.66. The molecule has 0 unspecified atom stereocenters. The van der Waals surface area contributed by atoms with Gasteiger partial charge in [-0.15, -0.1) is 0 Å². The first kappa shape index (κ1) is 22.8. The molecular weight excluding hydrogens is 394 g/mol. The van der Waals surface area contributed by atoms with E-state index in [9.17, 15) is 23.3 Å². The molecule has 1 heterocycles. The predicted octanol–water partition coefficient (Wildman–Crippen LogP) is -0.152. The van der Waals surface area contributed by atoms with Crippen molar-refractivity contribution in [1.29, 1.82) is 5.26 Å². The van der Waals surface area contributed by atoms with Gasteiger partial charge in [-0.05, 0) is 33.0 Å². The number of sulfonamides is 1. The molecule has 0 aliphatic carbocycles. The minimum atomic E-state index is -3.79. The van der Waals surface area contributed by atoms with Crippen molar-refractivity contribution in [2.24, 2.45) is 0 Å². The molecule has 0 radical (unpaired) electrons. The van der Waals surface area contributed by atoms with Crippen LogP contribution >= 0.6 is 0 Å². The van der Waals surface area contributed by atoms with Gasteiger partial charge in [0.25, 0.3) is 0 Å². The summed E-state index contributed by atoms with van der Waals surface area (Å²) in [7, 11) is -2.10. The van der Waals surface area contributed by atoms with E-state index in [4.69, 9.17) is 0 Å². The van der Waals surface area contributed by atoms with Crippen molar-refractivity contribution in [2.45, 2.75) is 24.8 Å². The van der Waals surface area contributed by atoms with Gasteiger partial charge in [-0.3, -0.25) is 14.5 Å². The molecule has 1 aromatic carbocycles. The largest absolute Gasteiger partial charge is 0.353 e. The molecule has 1 aliphatic heterocycles. The maximum Gasteiger partial charge on any atom is 0.244 e. The average molecular weight is 422 g/mol. The topological polar surface area (TPSA) is 114 Å². The van der Waals surface area contributed by atoms with E-state index in [0.717, 1.165) is 0 Å². The number of piperazine rings is 1. The molecule has 1 fully saturated rings. The first-order valence-electron chi connectivity index (χ1n) is 9.40. The molecule has 0 saturated carbocycles. The second-order valence-corrected chi connectivity index (χ2v) is 9.19. The molecular formula is C19H27N5O4S. The molecule has 10 heteroatoms. The van der Waals surface area contributed by atoms with E-state index in [2.05, 4.69) is 5.32 Å². The summed E-state index contributed by atoms with van der Waals surface area (Å²) >= 11 is 0. The van der Waals surface area contributed by atoms with Crippen molar-refractivity contribution in [3.8, 4) is 6.07 Å². The molecule has 29 heavy (non-hydrogen) atoms. The maximum atomic E-state index is 12.8. The van der Waals surface area contributed by atoms with Gasteiger partial charge in [0.15, 0.2) is 0 Å². The summed E-state index contributed by atoms with van der Waals surface area (Å²) < 4.78 is 27.0. The number of carbonyl (C=O) groups is 2. The van der Waals surface area contributed by atoms with Gasteiger partial charge in [0.05, 0.1) is 23.5 Å². The fraction of sp³-hybridized carbons (Fsp3) is 0.526. The van der Waals surface area contributed by atoms with Crippen LogP contribution in [0.3, 0.4) is 0 Å². The summed E-state index contributed by atoms with van der Waals surface area (Å²) in [5.74, 6) is -0.304. The van der Waals surface area contributed by atoms with Crippen LogP contribution in [0.1, 0.15) is 19.4 Å². The predicted molar refractivity (Wildman–Crippen MR) is 107 cm³/mol. The monoisotopic (exact) mass is 421 g/mol. The highest BCUT2D eigenvalue weighted by Gasteiger charge is 2.31. The van der Waals surface area contributed by atoms with Gasteiger partial charge < -0.3 is 10.2 Å². The van der Waals surface area contributed by atoms with Crippen LogP contribution in [0, 0.1) is 11.3 Å². The number of nitriles is 1. The fourth-order valence-electron chi connectivity index (χ4n) is 3.10. The summed E-state index contributed by atoms with van der Waals surface area (Å²) in [6.45, 7) is 4.77. The van der Waals surface area contributed by atoms with Gasteiger partial charge >= 0.3 is 0 Å². The number of carbonyl (C=O) groups excluding carboxylic acids is 2. The number of benzene rings is 1. The summed E-state index contributed by atoms with van der Waals surface area (Å²) in [5, 5.41) is 11.9. The van der Waals surface area contributed by atoms with Crippen LogP contribution < -0.4 is 5.32 Å². The molecule has 0 aromatic heterocycles. The van der Waals surface area contributed by atoms with E-state index >= 15 is 0 Å². The molecule has 0 atom stereocenters. The number of hydrogen-bond donors (Lipinski definition) is 1. The number of hydrogen-bond acceptors (Lipinski definition) is 6. The average Bonchev–Trinajstić information content (AvgIpc) is 2.67. The van der Waals surface area contributed by atoms with E-state index in [1.807, 2.05) is 19.9 Å². The minimum Gasteiger partial charge on any atom is -0.353 e. The van der Waals surface area contributed by atoms with Crippen LogP contribution in [0.15, 0.2) is 29.2 Å². The molecule has 0 spiro atoms. The lowest BCUT2D eigenvalue weighted by atomic mass is 10.2. The van der Waals surface area contributed by atoms with Crippen LogP contribution in [0.5, 0.6) is 0 Å². The SMILES string of the molecule is CC(C)NC(=O)CN(C)CC(=O)N1CCN(S(=O)(=O)c2ccccc2C#N)CC1. The first-order chi connectivity index (χ1) is 13.6. The third-order valence-electron chi connectivity index (χ3n) is 4.49. The summed E-state index contributed by atoms with van der Waals surface area (Å²) in [6.07, 6.45) is 0. The maximum absolute atomic E-state index is 12.8. The molecule has 1 aliphatic rings. The number of likely N-dealkylation sites (N-methyl/N-ethyl adjacent to an activating group) is 1. The van der Waals surface area contributed by atoms with E-state index in [0.29, 0.717) is 0 Å². The molecule has 158 valence electrons. The van der Waals surface area contributed by atoms with Gasteiger partial charge in [-0.2, -0.15) is 9.57 Å². The number of amides is 2. The van der Waals surface area contributed by atoms with E-state index in [1.165, 1.54) is 16.4 Å². The molecule has 2 rings (SSSR count). The van der Waals surface area contributed by atoms with Gasteiger partial charge in [-0.25, -0.2) is 8.42 Å². The third kappa shape index (κ3) is 6.00. The first-order valence-corrected chi connectivity index (χ1v) is 10.8. The Morgan fingerprint density at radius 2 is 1.79 bits per heavy atom. The van der Waals surface area contributed by atoms with Crippen molar-refractivity contribution in [2.75, 3.05) is 46.3 Å². The quantitative estimate of drug-likeness (QED) is 0.655. The van der Waals surface area contributed by atoms with Crippen LogP contribution in [0.4, 0.5) is 0 Å². The zero-order chi connectivity index (χ0) is 21.6. The lowest BCUT2D eigenvalue weighted by molar-refractivity contribution is -0.133. The lowest BCUT2D eigenvalue weighted by Gasteiger charge is -2.34. The van der Waals surface area contributed by atoms with Crippen LogP contribution in [0.25, 0.3) is 0 Å². The van der Waals surface area contributed by atoms with Gasteiger partial charge in [-0.1, -0.05) is 12.1 Å². The van der Waals surface area contributed by atoms with Crippen molar-refractivity contribution >= 4 is 21.8 Å². The second kappa shape index (κ2) is 9.82. The Balaban J connectivity index is 1.92. The zero-order valence-electron chi connectivity index (χ0n) is 17.0. The minimum absolute atomic E-state index is 0.0156. The molecule has 9 nitrogen and oxygen atoms in total. The molecule has 2 amide bonds. The van der Waals surface area contributed by atoms with Crippen molar-refractivity contribution in [1.82, 2.24) is 19.4 Å². The van der Waals surface area contributed by atoms with E-state index in [-0.39, 0.29) is 67.6 Å². The summed E-state index contributed by atoms with van der Waals surface area (Å²) in [5.41, 5.74) is 0.104. The van der Waals surface area contributed by atoms with Crippen molar-refractivity contribution < 1.29 is 18.0 Å². The third-order valence-corrected chi connectivity index (χ3v) is 6.44. The van der Waals surface area contributed by atoms with E-state index in [1.54, 1.807) is 29.0 Å². The van der Waals surface area contributed by atoms with E-state index < -0.39 is 10.0 Å². The highest BCUT2D eigenvalue weighted by molar-refractivity contribution is 7.89. The van der Waals surface area contributed by atoms with Crippen molar-refractivity contribution in [3.05, 3.63) is 29.8 Å². The highest BCUT2D eigenvalue weighted by Crippen LogP contribution is 2.21. The zero-order valence-corrected chi connectivity index (χ0v) is 17.8. The number of rotatable bonds is 7. The molecule has 1 N–H and O–H groups in total. The Kier molecular flexibility index (Phi) is 7.73. The second-order valence-electron chi connectivity index (χ2n) is 7.29. The number of nitrogens with one attached hydrogen (secondary N) is 1. The molecule has 1 saturated heterocycles. The molecule has 1 aromatic rings. The van der Waals surface area contributed by atoms with Crippen LogP contribution in [-0.4, -0.2) is 86.7 Å². The lowest BCUT2D eigenvalue weighted by Crippen LogP contribution is -2.52. The summed E-state index contributed by atoms with van der Waals surface area (Å²) in [6, 6.07) is 8.03. The standard InChI is InChI=1S/C19H27N5O4S/c1-15(2)21-18(25)13-22(3)14-19(26)23-8-10-24(11-9-23)29(27,28)17-7-5-4-6-16(17)12-20/h4-7,15H,8-11,13-14H2,1-3H3,(H,21,25). The number of nitrogens with zero attached hydrogens (tertiary/aromatic N) is 4. The van der Waals surface area contributed by atoms with Crippen LogP contribution in [-0.2, 0) is 19.6 Å². The molecule has 0 bridgehead atoms. The Hall–Kier alpha value is -2.48. The highest BCUT2D eigenvalue weighted by atomic mass is 32.2. The van der Waals surface area contributed by atoms with Gasteiger partial charge in [0.2, 0.25) is 21.8 Å². The van der Waals surface area contributed by atoms with Crippen LogP contribution in [0.2, 0.25) is 0 Å². The normalized spacial score (nSPS) is 15.4.